The van der Waals surface area contributed by atoms with E-state index in [4.69, 9.17) is 11.6 Å². The minimum absolute atomic E-state index is 0.0667. The van der Waals surface area contributed by atoms with Crippen molar-refractivity contribution in [3.05, 3.63) is 34.9 Å². The monoisotopic (exact) mass is 357 g/mol. The standard InChI is InChI=1S/C16H21BrClNO/c17-10-13-6-1-2-7-14(13)11-19-16(20)9-12-5-3-4-8-15(12)18/h3-5,8,13-14H,1-2,6-7,9-11H2,(H,19,20). The van der Waals surface area contributed by atoms with E-state index < -0.39 is 0 Å². The summed E-state index contributed by atoms with van der Waals surface area (Å²) in [6.07, 6.45) is 5.47. The maximum absolute atomic E-state index is 12.0. The number of carbonyl (C=O) groups excluding carboxylic acids is 1. The van der Waals surface area contributed by atoms with E-state index in [1.165, 1.54) is 25.7 Å². The zero-order valence-electron chi connectivity index (χ0n) is 11.6. The van der Waals surface area contributed by atoms with Crippen LogP contribution in [0.5, 0.6) is 0 Å². The molecule has 4 heteroatoms. The lowest BCUT2D eigenvalue weighted by Gasteiger charge is -2.30. The van der Waals surface area contributed by atoms with Crippen molar-refractivity contribution in [2.24, 2.45) is 11.8 Å². The number of hydrogen-bond acceptors (Lipinski definition) is 1. The molecule has 1 aliphatic carbocycles. The number of rotatable bonds is 5. The van der Waals surface area contributed by atoms with Gasteiger partial charge in [-0.1, -0.05) is 58.6 Å². The van der Waals surface area contributed by atoms with E-state index in [9.17, 15) is 4.79 Å². The summed E-state index contributed by atoms with van der Waals surface area (Å²) in [4.78, 5) is 12.0. The fourth-order valence-corrected chi connectivity index (χ4v) is 3.93. The zero-order chi connectivity index (χ0) is 14.4. The van der Waals surface area contributed by atoms with E-state index in [1.54, 1.807) is 0 Å². The van der Waals surface area contributed by atoms with Gasteiger partial charge in [-0.25, -0.2) is 0 Å². The predicted molar refractivity (Wildman–Crippen MR) is 87.4 cm³/mol. The molecule has 1 aromatic carbocycles. The van der Waals surface area contributed by atoms with Crippen LogP contribution in [0.3, 0.4) is 0 Å². The summed E-state index contributed by atoms with van der Waals surface area (Å²) in [5, 5.41) is 4.78. The maximum atomic E-state index is 12.0. The van der Waals surface area contributed by atoms with Crippen LogP contribution in [-0.2, 0) is 11.2 Å². The quantitative estimate of drug-likeness (QED) is 0.785. The van der Waals surface area contributed by atoms with Crippen LogP contribution in [0.25, 0.3) is 0 Å². The Labute approximate surface area is 134 Å². The molecule has 1 saturated carbocycles. The lowest BCUT2D eigenvalue weighted by molar-refractivity contribution is -0.120. The SMILES string of the molecule is O=C(Cc1ccccc1Cl)NCC1CCCCC1CBr. The number of nitrogens with one attached hydrogen (secondary N) is 1. The zero-order valence-corrected chi connectivity index (χ0v) is 13.9. The molecule has 2 atom stereocenters. The first-order valence-electron chi connectivity index (χ1n) is 7.26. The molecule has 2 nitrogen and oxygen atoms in total. The summed E-state index contributed by atoms with van der Waals surface area (Å²) in [6.45, 7) is 0.791. The van der Waals surface area contributed by atoms with Gasteiger partial charge in [-0.05, 0) is 36.3 Å². The molecule has 0 aliphatic heterocycles. The van der Waals surface area contributed by atoms with Gasteiger partial charge in [0.2, 0.25) is 5.91 Å². The number of carbonyl (C=O) groups is 1. The molecule has 0 heterocycles. The van der Waals surface area contributed by atoms with Crippen LogP contribution in [0.15, 0.2) is 24.3 Å². The van der Waals surface area contributed by atoms with E-state index in [-0.39, 0.29) is 5.91 Å². The molecule has 2 rings (SSSR count). The maximum Gasteiger partial charge on any atom is 0.224 e. The summed E-state index contributed by atoms with van der Waals surface area (Å²) in [7, 11) is 0. The van der Waals surface area contributed by atoms with Gasteiger partial charge in [0.25, 0.3) is 0 Å². The van der Waals surface area contributed by atoms with Gasteiger partial charge in [0, 0.05) is 16.9 Å². The topological polar surface area (TPSA) is 29.1 Å². The summed E-state index contributed by atoms with van der Waals surface area (Å²) >= 11 is 9.67. The van der Waals surface area contributed by atoms with Crippen LogP contribution in [-0.4, -0.2) is 17.8 Å². The Bertz CT molecular complexity index is 452. The predicted octanol–water partition coefficient (Wildman–Crippen LogP) is 4.20. The second-order valence-electron chi connectivity index (χ2n) is 5.53. The van der Waals surface area contributed by atoms with Crippen molar-refractivity contribution >= 4 is 33.4 Å². The van der Waals surface area contributed by atoms with Crippen LogP contribution in [0.1, 0.15) is 31.2 Å². The van der Waals surface area contributed by atoms with Crippen LogP contribution < -0.4 is 5.32 Å². The third-order valence-corrected chi connectivity index (χ3v) is 5.34. The van der Waals surface area contributed by atoms with Crippen LogP contribution in [0.2, 0.25) is 5.02 Å². The van der Waals surface area contributed by atoms with Crippen molar-refractivity contribution in [2.75, 3.05) is 11.9 Å². The summed E-state index contributed by atoms with van der Waals surface area (Å²) in [5.41, 5.74) is 0.896. The van der Waals surface area contributed by atoms with E-state index in [0.29, 0.717) is 23.3 Å². The molecule has 0 saturated heterocycles. The van der Waals surface area contributed by atoms with Crippen LogP contribution >= 0.6 is 27.5 Å². The summed E-state index contributed by atoms with van der Waals surface area (Å²) in [5.74, 6) is 1.37. The molecule has 2 unspecified atom stereocenters. The number of halogens is 2. The Hall–Kier alpha value is -0.540. The highest BCUT2D eigenvalue weighted by atomic mass is 79.9. The van der Waals surface area contributed by atoms with E-state index in [1.807, 2.05) is 24.3 Å². The highest BCUT2D eigenvalue weighted by Gasteiger charge is 2.24. The smallest absolute Gasteiger partial charge is 0.224 e. The van der Waals surface area contributed by atoms with Crippen molar-refractivity contribution in [1.29, 1.82) is 0 Å². The van der Waals surface area contributed by atoms with Gasteiger partial charge in [-0.2, -0.15) is 0 Å². The number of amides is 1. The van der Waals surface area contributed by atoms with Gasteiger partial charge in [0.15, 0.2) is 0 Å². The minimum atomic E-state index is 0.0667. The average molecular weight is 359 g/mol. The summed E-state index contributed by atoms with van der Waals surface area (Å²) < 4.78 is 0. The number of hydrogen-bond donors (Lipinski definition) is 1. The first kappa shape index (κ1) is 15.8. The van der Waals surface area contributed by atoms with Gasteiger partial charge in [-0.3, -0.25) is 4.79 Å². The molecule has 1 amide bonds. The molecule has 0 spiro atoms. The van der Waals surface area contributed by atoms with Crippen LogP contribution in [0, 0.1) is 11.8 Å². The molecule has 1 aliphatic rings. The molecule has 0 aromatic heterocycles. The van der Waals surface area contributed by atoms with Crippen molar-refractivity contribution in [3.63, 3.8) is 0 Å². The molecule has 1 N–H and O–H groups in total. The minimum Gasteiger partial charge on any atom is -0.356 e. The first-order valence-corrected chi connectivity index (χ1v) is 8.76. The average Bonchev–Trinajstić information content (AvgIpc) is 2.48. The van der Waals surface area contributed by atoms with E-state index in [0.717, 1.165) is 17.4 Å². The Morgan fingerprint density at radius 3 is 2.65 bits per heavy atom. The van der Waals surface area contributed by atoms with Crippen molar-refractivity contribution < 1.29 is 4.79 Å². The molecular formula is C16H21BrClNO. The van der Waals surface area contributed by atoms with Crippen LogP contribution in [0.4, 0.5) is 0 Å². The highest BCUT2D eigenvalue weighted by molar-refractivity contribution is 9.09. The second-order valence-corrected chi connectivity index (χ2v) is 6.59. The van der Waals surface area contributed by atoms with E-state index in [2.05, 4.69) is 21.2 Å². The number of alkyl halides is 1. The fourth-order valence-electron chi connectivity index (χ4n) is 2.88. The summed E-state index contributed by atoms with van der Waals surface area (Å²) in [6, 6.07) is 7.53. The van der Waals surface area contributed by atoms with Gasteiger partial charge >= 0.3 is 0 Å². The van der Waals surface area contributed by atoms with Gasteiger partial charge in [0.1, 0.15) is 0 Å². The normalized spacial score (nSPS) is 22.5. The molecule has 20 heavy (non-hydrogen) atoms. The van der Waals surface area contributed by atoms with Crippen molar-refractivity contribution in [1.82, 2.24) is 5.32 Å². The lowest BCUT2D eigenvalue weighted by Crippen LogP contribution is -2.35. The lowest BCUT2D eigenvalue weighted by atomic mass is 9.80. The number of benzene rings is 1. The van der Waals surface area contributed by atoms with Crippen molar-refractivity contribution in [2.45, 2.75) is 32.1 Å². The largest absolute Gasteiger partial charge is 0.356 e. The Morgan fingerprint density at radius 2 is 1.95 bits per heavy atom. The molecule has 1 aromatic rings. The Morgan fingerprint density at radius 1 is 1.25 bits per heavy atom. The van der Waals surface area contributed by atoms with Crippen molar-refractivity contribution in [3.8, 4) is 0 Å². The van der Waals surface area contributed by atoms with Gasteiger partial charge in [-0.15, -0.1) is 0 Å². The fraction of sp³-hybridized carbons (Fsp3) is 0.562. The first-order chi connectivity index (χ1) is 9.70. The molecular weight excluding hydrogens is 338 g/mol. The van der Waals surface area contributed by atoms with Gasteiger partial charge in [0.05, 0.1) is 6.42 Å². The van der Waals surface area contributed by atoms with Gasteiger partial charge < -0.3 is 5.32 Å². The Balaban J connectivity index is 1.81. The van der Waals surface area contributed by atoms with E-state index >= 15 is 0 Å². The third-order valence-electron chi connectivity index (χ3n) is 4.13. The molecule has 0 radical (unpaired) electrons. The Kier molecular flexibility index (Phi) is 6.37. The molecule has 110 valence electrons. The third kappa shape index (κ3) is 4.49. The molecule has 1 fully saturated rings. The molecule has 0 bridgehead atoms. The second kappa shape index (κ2) is 8.04. The highest BCUT2D eigenvalue weighted by Crippen LogP contribution is 2.30.